The van der Waals surface area contributed by atoms with Crippen LogP contribution in [0.2, 0.25) is 5.02 Å². The van der Waals surface area contributed by atoms with E-state index in [4.69, 9.17) is 21.1 Å². The summed E-state index contributed by atoms with van der Waals surface area (Å²) in [7, 11) is 4.89. The van der Waals surface area contributed by atoms with E-state index in [1.807, 2.05) is 13.2 Å². The molecule has 0 saturated carbocycles. The van der Waals surface area contributed by atoms with Crippen molar-refractivity contribution in [1.82, 2.24) is 9.78 Å². The fourth-order valence-electron chi connectivity index (χ4n) is 2.05. The third-order valence-corrected chi connectivity index (χ3v) is 3.31. The SMILES string of the molecule is COc1cc(C(O)Cc2cnn(C)c2)cc(Cl)c1OC. The average Bonchev–Trinajstić information content (AvgIpc) is 2.82. The number of rotatable bonds is 5. The van der Waals surface area contributed by atoms with Crippen molar-refractivity contribution in [3.8, 4) is 11.5 Å². The van der Waals surface area contributed by atoms with Crippen molar-refractivity contribution in [3.63, 3.8) is 0 Å². The predicted molar refractivity (Wildman–Crippen MR) is 76.4 cm³/mol. The van der Waals surface area contributed by atoms with Crippen molar-refractivity contribution in [1.29, 1.82) is 0 Å². The van der Waals surface area contributed by atoms with Gasteiger partial charge in [0.2, 0.25) is 0 Å². The van der Waals surface area contributed by atoms with Gasteiger partial charge in [0, 0.05) is 19.7 Å². The molecule has 0 fully saturated rings. The highest BCUT2D eigenvalue weighted by molar-refractivity contribution is 6.32. The number of nitrogens with zero attached hydrogens (tertiary/aromatic N) is 2. The number of aliphatic hydroxyl groups excluding tert-OH is 1. The Morgan fingerprint density at radius 3 is 2.65 bits per heavy atom. The first-order valence-electron chi connectivity index (χ1n) is 6.12. The summed E-state index contributed by atoms with van der Waals surface area (Å²) < 4.78 is 12.1. The van der Waals surface area contributed by atoms with Gasteiger partial charge < -0.3 is 14.6 Å². The van der Waals surface area contributed by atoms with Gasteiger partial charge >= 0.3 is 0 Å². The van der Waals surface area contributed by atoms with Gasteiger partial charge in [0.1, 0.15) is 0 Å². The molecule has 1 heterocycles. The highest BCUT2D eigenvalue weighted by Crippen LogP contribution is 2.38. The summed E-state index contributed by atoms with van der Waals surface area (Å²) in [6, 6.07) is 3.41. The van der Waals surface area contributed by atoms with Crippen LogP contribution in [-0.2, 0) is 13.5 Å². The fraction of sp³-hybridized carbons (Fsp3) is 0.357. The third kappa shape index (κ3) is 3.05. The zero-order valence-corrected chi connectivity index (χ0v) is 12.4. The number of halogens is 1. The number of hydrogen-bond acceptors (Lipinski definition) is 4. The van der Waals surface area contributed by atoms with Crippen molar-refractivity contribution >= 4 is 11.6 Å². The van der Waals surface area contributed by atoms with Gasteiger partial charge in [-0.25, -0.2) is 0 Å². The lowest BCUT2D eigenvalue weighted by Crippen LogP contribution is -2.03. The van der Waals surface area contributed by atoms with Gasteiger partial charge in [-0.1, -0.05) is 11.6 Å². The van der Waals surface area contributed by atoms with E-state index in [1.165, 1.54) is 14.2 Å². The molecule has 0 amide bonds. The number of aromatic nitrogens is 2. The van der Waals surface area contributed by atoms with E-state index in [0.29, 0.717) is 28.5 Å². The standard InChI is InChI=1S/C14H17ClN2O3/c1-17-8-9(7-16-17)4-12(18)10-5-11(15)14(20-3)13(6-10)19-2/h5-8,12,18H,4H2,1-3H3. The Hall–Kier alpha value is -1.72. The third-order valence-electron chi connectivity index (χ3n) is 3.03. The molecule has 1 aromatic carbocycles. The largest absolute Gasteiger partial charge is 0.493 e. The Balaban J connectivity index is 2.25. The Labute approximate surface area is 122 Å². The predicted octanol–water partition coefficient (Wildman–Crippen LogP) is 2.37. The molecule has 20 heavy (non-hydrogen) atoms. The van der Waals surface area contributed by atoms with Gasteiger partial charge in [0.05, 0.1) is 31.5 Å². The molecular formula is C14H17ClN2O3. The molecule has 1 aromatic heterocycles. The summed E-state index contributed by atoms with van der Waals surface area (Å²) >= 11 is 6.13. The molecule has 2 rings (SSSR count). The van der Waals surface area contributed by atoms with Crippen LogP contribution < -0.4 is 9.47 Å². The highest BCUT2D eigenvalue weighted by atomic mass is 35.5. The Bertz CT molecular complexity index is 598. The second-order valence-electron chi connectivity index (χ2n) is 4.48. The van der Waals surface area contributed by atoms with Gasteiger partial charge in [0.15, 0.2) is 11.5 Å². The molecule has 0 radical (unpaired) electrons. The van der Waals surface area contributed by atoms with Gasteiger partial charge in [-0.05, 0) is 23.3 Å². The number of aliphatic hydroxyl groups is 1. The van der Waals surface area contributed by atoms with Crippen molar-refractivity contribution in [2.24, 2.45) is 7.05 Å². The maximum atomic E-state index is 10.3. The summed E-state index contributed by atoms with van der Waals surface area (Å²) in [5.41, 5.74) is 1.63. The van der Waals surface area contributed by atoms with Crippen LogP contribution in [0.5, 0.6) is 11.5 Å². The maximum absolute atomic E-state index is 10.3. The number of aryl methyl sites for hydroxylation is 1. The first kappa shape index (κ1) is 14.7. The van der Waals surface area contributed by atoms with Crippen LogP contribution in [0.3, 0.4) is 0 Å². The molecule has 1 unspecified atom stereocenters. The highest BCUT2D eigenvalue weighted by Gasteiger charge is 2.16. The van der Waals surface area contributed by atoms with Crippen LogP contribution in [-0.4, -0.2) is 29.1 Å². The second kappa shape index (κ2) is 6.15. The Morgan fingerprint density at radius 2 is 2.10 bits per heavy atom. The molecule has 0 saturated heterocycles. The zero-order valence-electron chi connectivity index (χ0n) is 11.6. The molecule has 0 aliphatic heterocycles. The Kier molecular flexibility index (Phi) is 4.52. The van der Waals surface area contributed by atoms with Crippen LogP contribution in [0, 0.1) is 0 Å². The van der Waals surface area contributed by atoms with Crippen LogP contribution in [0.4, 0.5) is 0 Å². The number of methoxy groups -OCH3 is 2. The minimum absolute atomic E-state index is 0.409. The lowest BCUT2D eigenvalue weighted by atomic mass is 10.0. The van der Waals surface area contributed by atoms with E-state index in [-0.39, 0.29) is 0 Å². The van der Waals surface area contributed by atoms with E-state index in [0.717, 1.165) is 5.56 Å². The monoisotopic (exact) mass is 296 g/mol. The molecule has 0 aliphatic carbocycles. The van der Waals surface area contributed by atoms with Gasteiger partial charge in [-0.2, -0.15) is 5.10 Å². The van der Waals surface area contributed by atoms with Crippen molar-refractivity contribution in [2.75, 3.05) is 14.2 Å². The van der Waals surface area contributed by atoms with Crippen molar-refractivity contribution in [2.45, 2.75) is 12.5 Å². The first-order chi connectivity index (χ1) is 9.55. The van der Waals surface area contributed by atoms with Crippen LogP contribution in [0.1, 0.15) is 17.2 Å². The van der Waals surface area contributed by atoms with Gasteiger partial charge in [-0.15, -0.1) is 0 Å². The van der Waals surface area contributed by atoms with E-state index >= 15 is 0 Å². The van der Waals surface area contributed by atoms with E-state index < -0.39 is 6.10 Å². The van der Waals surface area contributed by atoms with Crippen LogP contribution in [0.25, 0.3) is 0 Å². The summed E-state index contributed by atoms with van der Waals surface area (Å²) in [6.07, 6.45) is 3.37. The molecule has 0 spiro atoms. The topological polar surface area (TPSA) is 56.5 Å². The molecule has 108 valence electrons. The fourth-order valence-corrected chi connectivity index (χ4v) is 2.34. The average molecular weight is 297 g/mol. The number of benzene rings is 1. The molecule has 6 heteroatoms. The minimum atomic E-state index is -0.684. The summed E-state index contributed by atoms with van der Waals surface area (Å²) in [6.45, 7) is 0. The maximum Gasteiger partial charge on any atom is 0.179 e. The smallest absolute Gasteiger partial charge is 0.179 e. The van der Waals surface area contributed by atoms with Gasteiger partial charge in [-0.3, -0.25) is 4.68 Å². The van der Waals surface area contributed by atoms with Crippen LogP contribution >= 0.6 is 11.6 Å². The zero-order chi connectivity index (χ0) is 14.7. The molecule has 1 N–H and O–H groups in total. The minimum Gasteiger partial charge on any atom is -0.493 e. The van der Waals surface area contributed by atoms with E-state index in [9.17, 15) is 5.11 Å². The van der Waals surface area contributed by atoms with E-state index in [2.05, 4.69) is 5.10 Å². The van der Waals surface area contributed by atoms with Crippen molar-refractivity contribution in [3.05, 3.63) is 40.7 Å². The molecule has 2 aromatic rings. The summed E-state index contributed by atoms with van der Waals surface area (Å²) in [4.78, 5) is 0. The molecule has 5 nitrogen and oxygen atoms in total. The van der Waals surface area contributed by atoms with Crippen LogP contribution in [0.15, 0.2) is 24.5 Å². The number of ether oxygens (including phenoxy) is 2. The lowest BCUT2D eigenvalue weighted by molar-refractivity contribution is 0.178. The molecule has 1 atom stereocenters. The Morgan fingerprint density at radius 1 is 1.35 bits per heavy atom. The van der Waals surface area contributed by atoms with Crippen molar-refractivity contribution < 1.29 is 14.6 Å². The van der Waals surface area contributed by atoms with E-state index in [1.54, 1.807) is 23.0 Å². The second-order valence-corrected chi connectivity index (χ2v) is 4.89. The normalized spacial score (nSPS) is 12.2. The molecular weight excluding hydrogens is 280 g/mol. The molecule has 0 aliphatic rings. The quantitative estimate of drug-likeness (QED) is 0.920. The summed E-state index contributed by atoms with van der Waals surface area (Å²) in [5.74, 6) is 0.965. The number of hydrogen-bond donors (Lipinski definition) is 1. The molecule has 0 bridgehead atoms. The van der Waals surface area contributed by atoms with Gasteiger partial charge in [0.25, 0.3) is 0 Å². The summed E-state index contributed by atoms with van der Waals surface area (Å²) in [5, 5.41) is 14.8. The lowest BCUT2D eigenvalue weighted by Gasteiger charge is -2.15. The first-order valence-corrected chi connectivity index (χ1v) is 6.50.